The van der Waals surface area contributed by atoms with Crippen LogP contribution in [0.5, 0.6) is 0 Å². The molecule has 0 heterocycles. The maximum Gasteiger partial charge on any atom is 0.190 e. The second-order valence-electron chi connectivity index (χ2n) is 4.99. The van der Waals surface area contributed by atoms with Gasteiger partial charge in [-0.2, -0.15) is 0 Å². The molecule has 0 radical (unpaired) electrons. The Morgan fingerprint density at radius 3 is 2.14 bits per heavy atom. The third kappa shape index (κ3) is 3.88. The normalized spacial score (nSPS) is 11.8. The van der Waals surface area contributed by atoms with Gasteiger partial charge >= 0.3 is 0 Å². The molecule has 0 aliphatic heterocycles. The number of aryl methyl sites for hydroxylation is 1. The van der Waals surface area contributed by atoms with Crippen LogP contribution in [0.2, 0.25) is 5.02 Å². The van der Waals surface area contributed by atoms with E-state index < -0.39 is 0 Å². The second kappa shape index (κ2) is 7.44. The van der Waals surface area contributed by atoms with E-state index in [0.29, 0.717) is 27.6 Å². The van der Waals surface area contributed by atoms with Crippen LogP contribution in [0, 0.1) is 6.92 Å². The molecular weight excluding hydrogens is 315 g/mol. The standard InChI is InChI=1S/C19H16Cl2O/c1-3-4-17(18(21)14-7-5-13(2)6-8-14)19(22)15-9-11-16(20)12-10-15/h3,5-12H,1,4H2,2H3/b18-17+. The highest BCUT2D eigenvalue weighted by molar-refractivity contribution is 6.51. The third-order valence-electron chi connectivity index (χ3n) is 3.30. The maximum absolute atomic E-state index is 12.7. The van der Waals surface area contributed by atoms with Crippen LogP contribution in [-0.4, -0.2) is 5.78 Å². The molecule has 0 aromatic heterocycles. The van der Waals surface area contributed by atoms with E-state index in [9.17, 15) is 4.79 Å². The zero-order valence-electron chi connectivity index (χ0n) is 12.3. The summed E-state index contributed by atoms with van der Waals surface area (Å²) in [6.45, 7) is 5.72. The summed E-state index contributed by atoms with van der Waals surface area (Å²) in [5, 5.41) is 1.05. The van der Waals surface area contributed by atoms with E-state index in [1.54, 1.807) is 30.3 Å². The lowest BCUT2D eigenvalue weighted by Crippen LogP contribution is -2.04. The maximum atomic E-state index is 12.7. The SMILES string of the molecule is C=CC/C(C(=O)c1ccc(Cl)cc1)=C(\Cl)c1ccc(C)cc1. The summed E-state index contributed by atoms with van der Waals surface area (Å²) in [7, 11) is 0. The summed E-state index contributed by atoms with van der Waals surface area (Å²) in [5.41, 5.74) is 3.06. The number of hydrogen-bond donors (Lipinski definition) is 0. The van der Waals surface area contributed by atoms with Crippen LogP contribution in [0.4, 0.5) is 0 Å². The van der Waals surface area contributed by atoms with Gasteiger partial charge in [-0.25, -0.2) is 0 Å². The first-order chi connectivity index (χ1) is 10.5. The summed E-state index contributed by atoms with van der Waals surface area (Å²) in [6.07, 6.45) is 2.09. The van der Waals surface area contributed by atoms with Crippen molar-refractivity contribution in [2.24, 2.45) is 0 Å². The van der Waals surface area contributed by atoms with Crippen LogP contribution in [0.25, 0.3) is 5.03 Å². The number of allylic oxidation sites excluding steroid dienone is 2. The Morgan fingerprint density at radius 2 is 1.59 bits per heavy atom. The highest BCUT2D eigenvalue weighted by Gasteiger charge is 2.16. The first-order valence-electron chi connectivity index (χ1n) is 6.89. The van der Waals surface area contributed by atoms with Crippen LogP contribution in [0.1, 0.15) is 27.9 Å². The van der Waals surface area contributed by atoms with E-state index in [4.69, 9.17) is 23.2 Å². The smallest absolute Gasteiger partial charge is 0.190 e. The summed E-state index contributed by atoms with van der Waals surface area (Å²) >= 11 is 12.3. The summed E-state index contributed by atoms with van der Waals surface area (Å²) in [5.74, 6) is -0.109. The van der Waals surface area contributed by atoms with Gasteiger partial charge in [-0.15, -0.1) is 6.58 Å². The molecule has 2 aromatic rings. The van der Waals surface area contributed by atoms with E-state index in [1.807, 2.05) is 31.2 Å². The lowest BCUT2D eigenvalue weighted by Gasteiger charge is -2.09. The third-order valence-corrected chi connectivity index (χ3v) is 4.00. The number of carbonyl (C=O) groups is 1. The number of carbonyl (C=O) groups excluding carboxylic acids is 1. The second-order valence-corrected chi connectivity index (χ2v) is 5.80. The van der Waals surface area contributed by atoms with Crippen molar-refractivity contribution < 1.29 is 4.79 Å². The molecule has 0 bridgehead atoms. The predicted octanol–water partition coefficient (Wildman–Crippen LogP) is 6.06. The van der Waals surface area contributed by atoms with Gasteiger partial charge in [0.1, 0.15) is 0 Å². The number of halogens is 2. The van der Waals surface area contributed by atoms with Crippen molar-refractivity contribution in [3.63, 3.8) is 0 Å². The predicted molar refractivity (Wildman–Crippen MR) is 94.5 cm³/mol. The minimum atomic E-state index is -0.109. The van der Waals surface area contributed by atoms with E-state index in [2.05, 4.69) is 6.58 Å². The highest BCUT2D eigenvalue weighted by Crippen LogP contribution is 2.28. The molecule has 3 heteroatoms. The number of benzene rings is 2. The molecule has 0 N–H and O–H groups in total. The molecule has 2 rings (SSSR count). The van der Waals surface area contributed by atoms with Crippen LogP contribution in [0.15, 0.2) is 66.8 Å². The van der Waals surface area contributed by atoms with Crippen LogP contribution >= 0.6 is 23.2 Å². The quantitative estimate of drug-likeness (QED) is 0.370. The topological polar surface area (TPSA) is 17.1 Å². The van der Waals surface area contributed by atoms with Crippen LogP contribution in [0.3, 0.4) is 0 Å². The van der Waals surface area contributed by atoms with Crippen molar-refractivity contribution in [3.05, 3.63) is 88.5 Å². The van der Waals surface area contributed by atoms with E-state index >= 15 is 0 Å². The van der Waals surface area contributed by atoms with Gasteiger partial charge in [0.15, 0.2) is 5.78 Å². The first-order valence-corrected chi connectivity index (χ1v) is 7.65. The fourth-order valence-electron chi connectivity index (χ4n) is 2.08. The molecule has 0 saturated carbocycles. The molecule has 0 aliphatic rings. The van der Waals surface area contributed by atoms with E-state index in [1.165, 1.54) is 0 Å². The van der Waals surface area contributed by atoms with Crippen molar-refractivity contribution in [1.82, 2.24) is 0 Å². The van der Waals surface area contributed by atoms with Gasteiger partial charge in [0.25, 0.3) is 0 Å². The molecule has 0 unspecified atom stereocenters. The zero-order valence-corrected chi connectivity index (χ0v) is 13.8. The van der Waals surface area contributed by atoms with Gasteiger partial charge in [-0.05, 0) is 43.2 Å². The zero-order chi connectivity index (χ0) is 16.1. The Kier molecular flexibility index (Phi) is 5.59. The van der Waals surface area contributed by atoms with Crippen molar-refractivity contribution in [3.8, 4) is 0 Å². The summed E-state index contributed by atoms with van der Waals surface area (Å²) in [4.78, 5) is 12.7. The number of rotatable bonds is 5. The Labute approximate surface area is 140 Å². The number of Topliss-reactive ketones (excluding diaryl/α,β-unsaturated/α-hetero) is 1. The Hall–Kier alpha value is -1.83. The summed E-state index contributed by atoms with van der Waals surface area (Å²) < 4.78 is 0. The van der Waals surface area contributed by atoms with Crippen LogP contribution in [-0.2, 0) is 0 Å². The number of ketones is 1. The molecule has 22 heavy (non-hydrogen) atoms. The van der Waals surface area contributed by atoms with Crippen molar-refractivity contribution in [2.45, 2.75) is 13.3 Å². The molecule has 0 saturated heterocycles. The number of hydrogen-bond acceptors (Lipinski definition) is 1. The Balaban J connectivity index is 2.45. The molecular formula is C19H16Cl2O. The summed E-state index contributed by atoms with van der Waals surface area (Å²) in [6, 6.07) is 14.6. The largest absolute Gasteiger partial charge is 0.289 e. The van der Waals surface area contributed by atoms with Gasteiger partial charge in [0, 0.05) is 16.2 Å². The van der Waals surface area contributed by atoms with E-state index in [0.717, 1.165) is 11.1 Å². The highest BCUT2D eigenvalue weighted by atomic mass is 35.5. The van der Waals surface area contributed by atoms with Gasteiger partial charge in [0.2, 0.25) is 0 Å². The Bertz CT molecular complexity index is 710. The minimum Gasteiger partial charge on any atom is -0.289 e. The average Bonchev–Trinajstić information content (AvgIpc) is 2.53. The molecule has 112 valence electrons. The Morgan fingerprint density at radius 1 is 1.05 bits per heavy atom. The van der Waals surface area contributed by atoms with Gasteiger partial charge in [-0.1, -0.05) is 59.1 Å². The monoisotopic (exact) mass is 330 g/mol. The van der Waals surface area contributed by atoms with E-state index in [-0.39, 0.29) is 5.78 Å². The average molecular weight is 331 g/mol. The van der Waals surface area contributed by atoms with Crippen molar-refractivity contribution >= 4 is 34.0 Å². The fourth-order valence-corrected chi connectivity index (χ4v) is 2.49. The lowest BCUT2D eigenvalue weighted by molar-refractivity contribution is 0.103. The lowest BCUT2D eigenvalue weighted by atomic mass is 9.98. The van der Waals surface area contributed by atoms with Crippen molar-refractivity contribution in [2.75, 3.05) is 0 Å². The van der Waals surface area contributed by atoms with Crippen molar-refractivity contribution in [1.29, 1.82) is 0 Å². The molecule has 2 aromatic carbocycles. The first kappa shape index (κ1) is 16.5. The van der Waals surface area contributed by atoms with Crippen LogP contribution < -0.4 is 0 Å². The van der Waals surface area contributed by atoms with Gasteiger partial charge < -0.3 is 0 Å². The minimum absolute atomic E-state index is 0.109. The molecule has 0 amide bonds. The fraction of sp³-hybridized carbons (Fsp3) is 0.105. The molecule has 1 nitrogen and oxygen atoms in total. The molecule has 0 aliphatic carbocycles. The molecule has 0 atom stereocenters. The molecule has 0 fully saturated rings. The van der Waals surface area contributed by atoms with Gasteiger partial charge in [0.05, 0.1) is 5.03 Å². The molecule has 0 spiro atoms. The van der Waals surface area contributed by atoms with Gasteiger partial charge in [-0.3, -0.25) is 4.79 Å².